The van der Waals surface area contributed by atoms with Crippen LogP contribution in [-0.4, -0.2) is 42.4 Å². The molecule has 2 heterocycles. The van der Waals surface area contributed by atoms with Crippen LogP contribution in [0.3, 0.4) is 0 Å². The van der Waals surface area contributed by atoms with E-state index in [-0.39, 0.29) is 5.91 Å². The van der Waals surface area contributed by atoms with E-state index < -0.39 is 0 Å². The van der Waals surface area contributed by atoms with Crippen LogP contribution in [0.5, 0.6) is 0 Å². The Balaban J connectivity index is 1.68. The third-order valence-electron chi connectivity index (χ3n) is 3.63. The standard InChI is InChI=1S/C16H17BrN4O2/c1-11-10-12(2-3-13(11)17)18-16(22)14-4-5-15(20-19-14)21-6-8-23-9-7-21/h2-5,10H,6-9H2,1H3,(H,18,22). The summed E-state index contributed by atoms with van der Waals surface area (Å²) in [6.07, 6.45) is 0. The van der Waals surface area contributed by atoms with E-state index in [0.717, 1.165) is 34.6 Å². The number of hydrogen-bond acceptors (Lipinski definition) is 5. The zero-order chi connectivity index (χ0) is 16.2. The highest BCUT2D eigenvalue weighted by molar-refractivity contribution is 9.10. The second-order valence-electron chi connectivity index (χ2n) is 5.29. The molecule has 0 radical (unpaired) electrons. The van der Waals surface area contributed by atoms with Gasteiger partial charge in [0.15, 0.2) is 11.5 Å². The van der Waals surface area contributed by atoms with Crippen molar-refractivity contribution in [2.75, 3.05) is 36.5 Å². The Hall–Kier alpha value is -1.99. The van der Waals surface area contributed by atoms with E-state index in [1.54, 1.807) is 6.07 Å². The molecule has 0 saturated carbocycles. The van der Waals surface area contributed by atoms with Crippen molar-refractivity contribution in [2.45, 2.75) is 6.92 Å². The van der Waals surface area contributed by atoms with Gasteiger partial charge in [-0.2, -0.15) is 0 Å². The number of nitrogens with zero attached hydrogens (tertiary/aromatic N) is 3. The molecule has 1 aromatic carbocycles. The number of hydrogen-bond donors (Lipinski definition) is 1. The van der Waals surface area contributed by atoms with Gasteiger partial charge < -0.3 is 15.0 Å². The van der Waals surface area contributed by atoms with Crippen LogP contribution in [-0.2, 0) is 4.74 Å². The fraction of sp³-hybridized carbons (Fsp3) is 0.312. The van der Waals surface area contributed by atoms with Crippen LogP contribution in [0.2, 0.25) is 0 Å². The van der Waals surface area contributed by atoms with E-state index in [0.29, 0.717) is 18.9 Å². The number of aromatic nitrogens is 2. The summed E-state index contributed by atoms with van der Waals surface area (Å²) < 4.78 is 6.32. The van der Waals surface area contributed by atoms with Gasteiger partial charge in [0.25, 0.3) is 5.91 Å². The molecule has 0 unspecified atom stereocenters. The number of amides is 1. The van der Waals surface area contributed by atoms with Crippen molar-refractivity contribution in [3.05, 3.63) is 46.1 Å². The number of ether oxygens (including phenoxy) is 1. The van der Waals surface area contributed by atoms with Gasteiger partial charge >= 0.3 is 0 Å². The third-order valence-corrected chi connectivity index (χ3v) is 4.52. The van der Waals surface area contributed by atoms with E-state index in [1.807, 2.05) is 31.2 Å². The van der Waals surface area contributed by atoms with Crippen LogP contribution in [0.25, 0.3) is 0 Å². The monoisotopic (exact) mass is 376 g/mol. The minimum Gasteiger partial charge on any atom is -0.378 e. The van der Waals surface area contributed by atoms with E-state index in [2.05, 4.69) is 36.3 Å². The Morgan fingerprint density at radius 2 is 2.00 bits per heavy atom. The lowest BCUT2D eigenvalue weighted by molar-refractivity contribution is 0.102. The molecule has 120 valence electrons. The molecule has 0 atom stereocenters. The average Bonchev–Trinajstić information content (AvgIpc) is 2.59. The Morgan fingerprint density at radius 1 is 1.22 bits per heavy atom. The molecule has 1 N–H and O–H groups in total. The maximum atomic E-state index is 12.2. The van der Waals surface area contributed by atoms with Gasteiger partial charge in [-0.1, -0.05) is 15.9 Å². The number of anilines is 2. The maximum Gasteiger partial charge on any atom is 0.276 e. The lowest BCUT2D eigenvalue weighted by atomic mass is 10.2. The van der Waals surface area contributed by atoms with Gasteiger partial charge in [0, 0.05) is 23.2 Å². The first-order valence-corrected chi connectivity index (χ1v) is 8.17. The highest BCUT2D eigenvalue weighted by Gasteiger charge is 2.14. The van der Waals surface area contributed by atoms with Crippen molar-refractivity contribution in [3.63, 3.8) is 0 Å². The highest BCUT2D eigenvalue weighted by atomic mass is 79.9. The molecule has 6 nitrogen and oxygen atoms in total. The molecule has 1 aromatic heterocycles. The van der Waals surface area contributed by atoms with E-state index in [1.165, 1.54) is 0 Å². The van der Waals surface area contributed by atoms with Crippen molar-refractivity contribution in [2.24, 2.45) is 0 Å². The molecule has 1 aliphatic heterocycles. The third kappa shape index (κ3) is 3.86. The zero-order valence-corrected chi connectivity index (χ0v) is 14.3. The minimum absolute atomic E-state index is 0.271. The van der Waals surface area contributed by atoms with Crippen molar-refractivity contribution < 1.29 is 9.53 Å². The first kappa shape index (κ1) is 15.9. The summed E-state index contributed by atoms with van der Waals surface area (Å²) >= 11 is 3.44. The number of carbonyl (C=O) groups excluding carboxylic acids is 1. The molecule has 0 spiro atoms. The van der Waals surface area contributed by atoms with E-state index in [4.69, 9.17) is 4.74 Å². The van der Waals surface area contributed by atoms with Gasteiger partial charge in [-0.25, -0.2) is 0 Å². The van der Waals surface area contributed by atoms with Crippen LogP contribution in [0.4, 0.5) is 11.5 Å². The first-order valence-electron chi connectivity index (χ1n) is 7.37. The molecule has 1 amide bonds. The maximum absolute atomic E-state index is 12.2. The second-order valence-corrected chi connectivity index (χ2v) is 6.15. The van der Waals surface area contributed by atoms with Gasteiger partial charge in [0.2, 0.25) is 0 Å². The van der Waals surface area contributed by atoms with Crippen LogP contribution < -0.4 is 10.2 Å². The Labute approximate surface area is 143 Å². The smallest absolute Gasteiger partial charge is 0.276 e. The summed E-state index contributed by atoms with van der Waals surface area (Å²) in [7, 11) is 0. The molecule has 0 aliphatic carbocycles. The molecular formula is C16H17BrN4O2. The van der Waals surface area contributed by atoms with Crippen molar-refractivity contribution in [1.82, 2.24) is 10.2 Å². The summed E-state index contributed by atoms with van der Waals surface area (Å²) in [5.74, 6) is 0.497. The lowest BCUT2D eigenvalue weighted by Gasteiger charge is -2.27. The molecule has 7 heteroatoms. The molecule has 1 saturated heterocycles. The van der Waals surface area contributed by atoms with Gasteiger partial charge in [0.1, 0.15) is 0 Å². The number of aryl methyl sites for hydroxylation is 1. The SMILES string of the molecule is Cc1cc(NC(=O)c2ccc(N3CCOCC3)nn2)ccc1Br. The van der Waals surface area contributed by atoms with Gasteiger partial charge in [0.05, 0.1) is 13.2 Å². The van der Waals surface area contributed by atoms with Crippen LogP contribution in [0.1, 0.15) is 16.1 Å². The molecular weight excluding hydrogens is 360 g/mol. The molecule has 2 aromatic rings. The summed E-state index contributed by atoms with van der Waals surface area (Å²) in [6, 6.07) is 9.15. The predicted octanol–water partition coefficient (Wildman–Crippen LogP) is 2.64. The van der Waals surface area contributed by atoms with Gasteiger partial charge in [-0.15, -0.1) is 10.2 Å². The van der Waals surface area contributed by atoms with Crippen molar-refractivity contribution in [1.29, 1.82) is 0 Å². The van der Waals surface area contributed by atoms with Gasteiger partial charge in [-0.05, 0) is 42.8 Å². The molecule has 1 fully saturated rings. The number of nitrogens with one attached hydrogen (secondary N) is 1. The first-order chi connectivity index (χ1) is 11.1. The lowest BCUT2D eigenvalue weighted by Crippen LogP contribution is -2.37. The number of carbonyl (C=O) groups is 1. The average molecular weight is 377 g/mol. The Bertz CT molecular complexity index is 700. The van der Waals surface area contributed by atoms with Gasteiger partial charge in [-0.3, -0.25) is 4.79 Å². The highest BCUT2D eigenvalue weighted by Crippen LogP contribution is 2.20. The van der Waals surface area contributed by atoms with E-state index in [9.17, 15) is 4.79 Å². The molecule has 0 bridgehead atoms. The number of rotatable bonds is 3. The fourth-order valence-electron chi connectivity index (χ4n) is 2.33. The number of halogens is 1. The van der Waals surface area contributed by atoms with Crippen LogP contribution >= 0.6 is 15.9 Å². The summed E-state index contributed by atoms with van der Waals surface area (Å²) in [5, 5.41) is 11.0. The molecule has 3 rings (SSSR count). The normalized spacial score (nSPS) is 14.6. The summed E-state index contributed by atoms with van der Waals surface area (Å²) in [6.45, 7) is 4.92. The quantitative estimate of drug-likeness (QED) is 0.891. The largest absolute Gasteiger partial charge is 0.378 e. The summed E-state index contributed by atoms with van der Waals surface area (Å²) in [4.78, 5) is 14.3. The van der Waals surface area contributed by atoms with Crippen molar-refractivity contribution >= 4 is 33.3 Å². The number of morpholine rings is 1. The zero-order valence-electron chi connectivity index (χ0n) is 12.8. The minimum atomic E-state index is -0.271. The molecule has 1 aliphatic rings. The fourth-order valence-corrected chi connectivity index (χ4v) is 2.57. The van der Waals surface area contributed by atoms with Crippen LogP contribution in [0.15, 0.2) is 34.8 Å². The van der Waals surface area contributed by atoms with E-state index >= 15 is 0 Å². The summed E-state index contributed by atoms with van der Waals surface area (Å²) in [5.41, 5.74) is 2.08. The number of benzene rings is 1. The topological polar surface area (TPSA) is 67.4 Å². The Morgan fingerprint density at radius 3 is 2.65 bits per heavy atom. The van der Waals surface area contributed by atoms with Crippen LogP contribution in [0, 0.1) is 6.92 Å². The second kappa shape index (κ2) is 7.06. The molecule has 23 heavy (non-hydrogen) atoms. The predicted molar refractivity (Wildman–Crippen MR) is 91.9 cm³/mol. The Kier molecular flexibility index (Phi) is 4.88. The van der Waals surface area contributed by atoms with Crippen molar-refractivity contribution in [3.8, 4) is 0 Å².